The molecule has 2 rings (SSSR count). The van der Waals surface area contributed by atoms with Crippen LogP contribution in [0, 0.1) is 12.3 Å². The fourth-order valence-electron chi connectivity index (χ4n) is 2.36. The first-order valence-corrected chi connectivity index (χ1v) is 6.33. The Labute approximate surface area is 108 Å². The van der Waals surface area contributed by atoms with E-state index in [2.05, 4.69) is 29.0 Å². The van der Waals surface area contributed by atoms with E-state index in [9.17, 15) is 5.11 Å². The number of rotatable bonds is 5. The summed E-state index contributed by atoms with van der Waals surface area (Å²) in [5, 5.41) is 9.92. The second-order valence-corrected chi connectivity index (χ2v) is 4.55. The first-order valence-electron chi connectivity index (χ1n) is 6.33. The number of β-amino-alcohol motifs (C(OH)–C–C–N with tert-alkyl or cyclic N) is 1. The predicted octanol–water partition coefficient (Wildman–Crippen LogP) is 1.45. The lowest BCUT2D eigenvalue weighted by molar-refractivity contribution is 0.0551. The zero-order chi connectivity index (χ0) is 12.8. The maximum absolute atomic E-state index is 9.92. The molecule has 1 unspecified atom stereocenters. The summed E-state index contributed by atoms with van der Waals surface area (Å²) in [5.74, 6) is 2.40. The maximum atomic E-state index is 9.92. The molecule has 1 aromatic carbocycles. The van der Waals surface area contributed by atoms with Gasteiger partial charge in [-0.1, -0.05) is 24.1 Å². The lowest BCUT2D eigenvalue weighted by Crippen LogP contribution is -2.38. The minimum absolute atomic E-state index is 0.258. The molecule has 0 saturated carbocycles. The second kappa shape index (κ2) is 6.44. The van der Waals surface area contributed by atoms with E-state index in [-0.39, 0.29) is 6.61 Å². The van der Waals surface area contributed by atoms with Gasteiger partial charge in [0.05, 0.1) is 12.7 Å². The standard InChI is InChI=1S/C15H19NO2/c1-2-10-18-12-14(17)11-16-9-5-7-13-6-3-4-8-15(13)16/h1,3-4,6,8,14,17H,5,7,9-12H2. The van der Waals surface area contributed by atoms with Gasteiger partial charge in [0.2, 0.25) is 0 Å². The van der Waals surface area contributed by atoms with Crippen molar-refractivity contribution in [2.45, 2.75) is 18.9 Å². The quantitative estimate of drug-likeness (QED) is 0.629. The minimum Gasteiger partial charge on any atom is -0.389 e. The van der Waals surface area contributed by atoms with Gasteiger partial charge in [-0.15, -0.1) is 6.42 Å². The number of benzene rings is 1. The molecule has 18 heavy (non-hydrogen) atoms. The first-order chi connectivity index (χ1) is 8.81. The Bertz CT molecular complexity index is 425. The van der Waals surface area contributed by atoms with Crippen LogP contribution in [0.2, 0.25) is 0 Å². The molecular formula is C15H19NO2. The van der Waals surface area contributed by atoms with Gasteiger partial charge in [-0.3, -0.25) is 0 Å². The Morgan fingerprint density at radius 2 is 2.28 bits per heavy atom. The van der Waals surface area contributed by atoms with Gasteiger partial charge >= 0.3 is 0 Å². The zero-order valence-corrected chi connectivity index (χ0v) is 10.5. The third-order valence-corrected chi connectivity index (χ3v) is 3.13. The third-order valence-electron chi connectivity index (χ3n) is 3.13. The number of ether oxygens (including phenoxy) is 1. The number of anilines is 1. The van der Waals surface area contributed by atoms with Crippen LogP contribution in [0.25, 0.3) is 0 Å². The van der Waals surface area contributed by atoms with E-state index in [0.717, 1.165) is 19.4 Å². The molecule has 0 spiro atoms. The average molecular weight is 245 g/mol. The number of fused-ring (bicyclic) bond motifs is 1. The normalized spacial score (nSPS) is 15.9. The van der Waals surface area contributed by atoms with E-state index in [1.165, 1.54) is 11.3 Å². The van der Waals surface area contributed by atoms with Gasteiger partial charge in [0.15, 0.2) is 0 Å². The van der Waals surface area contributed by atoms with E-state index >= 15 is 0 Å². The van der Waals surface area contributed by atoms with E-state index < -0.39 is 6.10 Å². The molecule has 0 aromatic heterocycles. The summed E-state index contributed by atoms with van der Waals surface area (Å²) in [6, 6.07) is 8.37. The van der Waals surface area contributed by atoms with Crippen LogP contribution in [-0.2, 0) is 11.2 Å². The summed E-state index contributed by atoms with van der Waals surface area (Å²) < 4.78 is 5.16. The molecule has 1 aliphatic heterocycles. The van der Waals surface area contributed by atoms with Crippen molar-refractivity contribution < 1.29 is 9.84 Å². The molecular weight excluding hydrogens is 226 g/mol. The highest BCUT2D eigenvalue weighted by molar-refractivity contribution is 5.55. The first kappa shape index (κ1) is 12.9. The lowest BCUT2D eigenvalue weighted by Gasteiger charge is -2.32. The van der Waals surface area contributed by atoms with Crippen molar-refractivity contribution >= 4 is 5.69 Å². The van der Waals surface area contributed by atoms with Crippen LogP contribution >= 0.6 is 0 Å². The molecule has 1 atom stereocenters. The molecule has 0 aliphatic carbocycles. The Hall–Kier alpha value is -1.50. The van der Waals surface area contributed by atoms with Crippen LogP contribution in [0.4, 0.5) is 5.69 Å². The fourth-order valence-corrected chi connectivity index (χ4v) is 2.36. The van der Waals surface area contributed by atoms with Crippen molar-refractivity contribution in [3.63, 3.8) is 0 Å². The van der Waals surface area contributed by atoms with Crippen LogP contribution in [0.1, 0.15) is 12.0 Å². The summed E-state index contributed by atoms with van der Waals surface area (Å²) in [5.41, 5.74) is 2.60. The van der Waals surface area contributed by atoms with E-state index in [0.29, 0.717) is 13.2 Å². The number of hydrogen-bond donors (Lipinski definition) is 1. The van der Waals surface area contributed by atoms with Gasteiger partial charge in [-0.25, -0.2) is 0 Å². The Morgan fingerprint density at radius 3 is 3.11 bits per heavy atom. The van der Waals surface area contributed by atoms with Crippen molar-refractivity contribution in [2.75, 3.05) is 31.2 Å². The SMILES string of the molecule is C#CCOCC(O)CN1CCCc2ccccc21. The van der Waals surface area contributed by atoms with Crippen LogP contribution in [0.5, 0.6) is 0 Å². The van der Waals surface area contributed by atoms with Gasteiger partial charge in [0.25, 0.3) is 0 Å². The summed E-state index contributed by atoms with van der Waals surface area (Å²) in [6.07, 6.45) is 6.85. The molecule has 3 nitrogen and oxygen atoms in total. The van der Waals surface area contributed by atoms with Crippen molar-refractivity contribution in [2.24, 2.45) is 0 Å². The van der Waals surface area contributed by atoms with E-state index in [4.69, 9.17) is 11.2 Å². The van der Waals surface area contributed by atoms with Crippen LogP contribution in [-0.4, -0.2) is 37.5 Å². The Balaban J connectivity index is 1.93. The van der Waals surface area contributed by atoms with E-state index in [1.54, 1.807) is 0 Å². The van der Waals surface area contributed by atoms with Crippen molar-refractivity contribution in [1.82, 2.24) is 0 Å². The Morgan fingerprint density at radius 1 is 1.44 bits per heavy atom. The smallest absolute Gasteiger partial charge is 0.107 e. The number of aliphatic hydroxyl groups excluding tert-OH is 1. The van der Waals surface area contributed by atoms with Gasteiger partial charge in [0, 0.05) is 18.8 Å². The zero-order valence-electron chi connectivity index (χ0n) is 10.5. The summed E-state index contributed by atoms with van der Waals surface area (Å²) in [4.78, 5) is 2.22. The Kier molecular flexibility index (Phi) is 4.63. The van der Waals surface area contributed by atoms with Crippen LogP contribution < -0.4 is 4.90 Å². The molecule has 1 aliphatic rings. The largest absolute Gasteiger partial charge is 0.389 e. The highest BCUT2D eigenvalue weighted by Gasteiger charge is 2.18. The number of nitrogens with zero attached hydrogens (tertiary/aromatic N) is 1. The monoisotopic (exact) mass is 245 g/mol. The summed E-state index contributed by atoms with van der Waals surface area (Å²) in [7, 11) is 0. The molecule has 0 bridgehead atoms. The van der Waals surface area contributed by atoms with Gasteiger partial charge in [-0.05, 0) is 24.5 Å². The molecule has 3 heteroatoms. The maximum Gasteiger partial charge on any atom is 0.107 e. The van der Waals surface area contributed by atoms with Crippen molar-refractivity contribution in [3.05, 3.63) is 29.8 Å². The number of aliphatic hydroxyl groups is 1. The summed E-state index contributed by atoms with van der Waals surface area (Å²) in [6.45, 7) is 2.14. The van der Waals surface area contributed by atoms with Crippen molar-refractivity contribution in [1.29, 1.82) is 0 Å². The molecule has 1 heterocycles. The molecule has 1 N–H and O–H groups in total. The lowest BCUT2D eigenvalue weighted by atomic mass is 10.0. The second-order valence-electron chi connectivity index (χ2n) is 4.55. The van der Waals surface area contributed by atoms with Crippen LogP contribution in [0.15, 0.2) is 24.3 Å². The number of terminal acetylenes is 1. The molecule has 1 aromatic rings. The number of para-hydroxylation sites is 1. The molecule has 0 radical (unpaired) electrons. The number of hydrogen-bond acceptors (Lipinski definition) is 3. The van der Waals surface area contributed by atoms with Crippen LogP contribution in [0.3, 0.4) is 0 Å². The van der Waals surface area contributed by atoms with Gasteiger partial charge in [0.1, 0.15) is 6.61 Å². The molecule has 0 fully saturated rings. The number of aryl methyl sites for hydroxylation is 1. The third kappa shape index (κ3) is 3.25. The molecule has 0 amide bonds. The highest BCUT2D eigenvalue weighted by Crippen LogP contribution is 2.26. The molecule has 0 saturated heterocycles. The fraction of sp³-hybridized carbons (Fsp3) is 0.467. The minimum atomic E-state index is -0.496. The molecule has 96 valence electrons. The topological polar surface area (TPSA) is 32.7 Å². The van der Waals surface area contributed by atoms with Gasteiger partial charge in [-0.2, -0.15) is 0 Å². The van der Waals surface area contributed by atoms with E-state index in [1.807, 2.05) is 6.07 Å². The summed E-state index contributed by atoms with van der Waals surface area (Å²) >= 11 is 0. The predicted molar refractivity (Wildman–Crippen MR) is 72.6 cm³/mol. The average Bonchev–Trinajstić information content (AvgIpc) is 2.39. The van der Waals surface area contributed by atoms with Gasteiger partial charge < -0.3 is 14.7 Å². The van der Waals surface area contributed by atoms with Crippen molar-refractivity contribution in [3.8, 4) is 12.3 Å². The highest BCUT2D eigenvalue weighted by atomic mass is 16.5.